The number of halogens is 3. The molecule has 112 valence electrons. The molecule has 1 aromatic carbocycles. The molecule has 0 bridgehead atoms. The van der Waals surface area contributed by atoms with Gasteiger partial charge >= 0.3 is 0 Å². The molecule has 1 heterocycles. The molecule has 0 aliphatic carbocycles. The lowest BCUT2D eigenvalue weighted by molar-refractivity contribution is 0.103. The molecule has 3 N–H and O–H groups in total. The maximum atomic E-state index is 12.3. The Balaban J connectivity index is 2.28. The maximum absolute atomic E-state index is 12.3. The number of nitrogens with two attached hydrogens (primary N) is 1. The zero-order valence-electron chi connectivity index (χ0n) is 11.1. The molecule has 9 heteroatoms. The molecule has 0 spiro atoms. The molecule has 21 heavy (non-hydrogen) atoms. The number of nitrogen functional groups attached to an aromatic ring is 1. The van der Waals surface area contributed by atoms with Crippen LogP contribution >= 0.6 is 50.5 Å². The molecule has 1 amide bonds. The highest BCUT2D eigenvalue weighted by molar-refractivity contribution is 9.10. The number of aromatic nitrogens is 1. The van der Waals surface area contributed by atoms with E-state index >= 15 is 0 Å². The second-order valence-electron chi connectivity index (χ2n) is 4.28. The van der Waals surface area contributed by atoms with Crippen molar-refractivity contribution in [3.05, 3.63) is 31.5 Å². The van der Waals surface area contributed by atoms with Gasteiger partial charge in [0.15, 0.2) is 5.13 Å². The number of nitrogens with one attached hydrogen (secondary N) is 1. The van der Waals surface area contributed by atoms with E-state index in [0.29, 0.717) is 25.2 Å². The van der Waals surface area contributed by atoms with Crippen molar-refractivity contribution in [3.63, 3.8) is 0 Å². The molecular weight excluding hydrogens is 399 g/mol. The Morgan fingerprint density at radius 3 is 2.62 bits per heavy atom. The van der Waals surface area contributed by atoms with Gasteiger partial charge in [-0.15, -0.1) is 0 Å². The van der Waals surface area contributed by atoms with E-state index in [4.69, 9.17) is 28.9 Å². The van der Waals surface area contributed by atoms with E-state index in [2.05, 4.69) is 26.2 Å². The van der Waals surface area contributed by atoms with Crippen LogP contribution in [-0.4, -0.2) is 25.0 Å². The van der Waals surface area contributed by atoms with Gasteiger partial charge in [-0.3, -0.25) is 4.79 Å². The second kappa shape index (κ2) is 6.39. The van der Waals surface area contributed by atoms with Crippen LogP contribution in [0, 0.1) is 0 Å². The lowest BCUT2D eigenvalue weighted by atomic mass is 10.3. The quantitative estimate of drug-likeness (QED) is 0.748. The van der Waals surface area contributed by atoms with Crippen molar-refractivity contribution in [1.82, 2.24) is 4.98 Å². The number of hydrogen-bond donors (Lipinski definition) is 2. The molecule has 5 nitrogen and oxygen atoms in total. The number of carbonyl (C=O) groups excluding carboxylic acids is 1. The van der Waals surface area contributed by atoms with E-state index in [1.54, 1.807) is 17.0 Å². The van der Waals surface area contributed by atoms with Gasteiger partial charge in [-0.1, -0.05) is 34.5 Å². The molecule has 0 aliphatic heterocycles. The van der Waals surface area contributed by atoms with Crippen LogP contribution in [0.3, 0.4) is 0 Å². The van der Waals surface area contributed by atoms with Gasteiger partial charge in [0, 0.05) is 18.6 Å². The molecule has 0 radical (unpaired) electrons. The number of amides is 1. The van der Waals surface area contributed by atoms with E-state index in [9.17, 15) is 4.79 Å². The van der Waals surface area contributed by atoms with E-state index in [0.717, 1.165) is 0 Å². The van der Waals surface area contributed by atoms with Crippen molar-refractivity contribution in [2.75, 3.05) is 30.0 Å². The summed E-state index contributed by atoms with van der Waals surface area (Å²) >= 11 is 16.6. The Bertz CT molecular complexity index is 705. The molecule has 0 saturated carbocycles. The number of thiazole rings is 1. The highest BCUT2D eigenvalue weighted by Gasteiger charge is 2.19. The molecule has 0 fully saturated rings. The molecule has 0 atom stereocenters. The van der Waals surface area contributed by atoms with E-state index < -0.39 is 0 Å². The van der Waals surface area contributed by atoms with Crippen LogP contribution in [-0.2, 0) is 0 Å². The van der Waals surface area contributed by atoms with Crippen LogP contribution in [0.5, 0.6) is 0 Å². The van der Waals surface area contributed by atoms with Crippen LogP contribution in [0.2, 0.25) is 10.0 Å². The van der Waals surface area contributed by atoms with Crippen LogP contribution in [0.4, 0.5) is 16.6 Å². The van der Waals surface area contributed by atoms with Crippen molar-refractivity contribution in [2.45, 2.75) is 0 Å². The second-order valence-corrected chi connectivity index (χ2v) is 6.87. The van der Waals surface area contributed by atoms with Gasteiger partial charge in [-0.25, -0.2) is 4.98 Å². The fraction of sp³-hybridized carbons (Fsp3) is 0.167. The third-order valence-electron chi connectivity index (χ3n) is 2.51. The summed E-state index contributed by atoms with van der Waals surface area (Å²) in [5.41, 5.74) is 6.18. The van der Waals surface area contributed by atoms with Crippen LogP contribution < -0.4 is 16.0 Å². The Morgan fingerprint density at radius 2 is 2.05 bits per heavy atom. The van der Waals surface area contributed by atoms with E-state index in [1.807, 2.05) is 14.1 Å². The SMILES string of the molecule is CN(C)c1nc(N)c(C(=O)Nc2ccc(Br)c(Cl)c2Cl)s1. The molecule has 0 saturated heterocycles. The molecule has 0 unspecified atom stereocenters. The lowest BCUT2D eigenvalue weighted by Gasteiger charge is -2.08. The van der Waals surface area contributed by atoms with Crippen molar-refractivity contribution in [3.8, 4) is 0 Å². The normalized spacial score (nSPS) is 10.5. The first kappa shape index (κ1) is 16.4. The number of benzene rings is 1. The van der Waals surface area contributed by atoms with Gasteiger partial charge in [0.05, 0.1) is 15.7 Å². The Hall–Kier alpha value is -1.02. The summed E-state index contributed by atoms with van der Waals surface area (Å²) < 4.78 is 0.652. The van der Waals surface area contributed by atoms with Crippen molar-refractivity contribution in [2.24, 2.45) is 0 Å². The predicted molar refractivity (Wildman–Crippen MR) is 93.0 cm³/mol. The van der Waals surface area contributed by atoms with Crippen LogP contribution in [0.1, 0.15) is 9.67 Å². The smallest absolute Gasteiger partial charge is 0.269 e. The first-order valence-electron chi connectivity index (χ1n) is 5.69. The zero-order valence-corrected chi connectivity index (χ0v) is 15.0. The third kappa shape index (κ3) is 3.42. The monoisotopic (exact) mass is 408 g/mol. The maximum Gasteiger partial charge on any atom is 0.269 e. The number of anilines is 3. The lowest BCUT2D eigenvalue weighted by Crippen LogP contribution is -2.12. The molecule has 2 aromatic rings. The van der Waals surface area contributed by atoms with Gasteiger partial charge < -0.3 is 16.0 Å². The molecular formula is C12H11BrCl2N4OS. The fourth-order valence-corrected chi connectivity index (χ4v) is 3.10. The Labute approximate surface area is 144 Å². The average molecular weight is 410 g/mol. The first-order chi connectivity index (χ1) is 9.81. The number of hydrogen-bond acceptors (Lipinski definition) is 5. The van der Waals surface area contributed by atoms with Gasteiger partial charge in [-0.2, -0.15) is 0 Å². The summed E-state index contributed by atoms with van der Waals surface area (Å²) in [5, 5.41) is 3.93. The summed E-state index contributed by atoms with van der Waals surface area (Å²) in [6, 6.07) is 3.35. The topological polar surface area (TPSA) is 71.2 Å². The van der Waals surface area contributed by atoms with Gasteiger partial charge in [-0.05, 0) is 28.1 Å². The fourth-order valence-electron chi connectivity index (χ4n) is 1.48. The number of carbonyl (C=O) groups is 1. The summed E-state index contributed by atoms with van der Waals surface area (Å²) in [4.78, 5) is 18.5. The van der Waals surface area contributed by atoms with Crippen LogP contribution in [0.25, 0.3) is 0 Å². The summed E-state index contributed by atoms with van der Waals surface area (Å²) in [6.45, 7) is 0. The van der Waals surface area contributed by atoms with Crippen molar-refractivity contribution >= 4 is 73.0 Å². The summed E-state index contributed by atoms with van der Waals surface area (Å²) in [5.74, 6) is -0.195. The molecule has 0 aliphatic rings. The molecule has 2 rings (SSSR count). The minimum Gasteiger partial charge on any atom is -0.382 e. The first-order valence-corrected chi connectivity index (χ1v) is 8.06. The van der Waals surface area contributed by atoms with Gasteiger partial charge in [0.2, 0.25) is 0 Å². The minimum absolute atomic E-state index is 0.181. The summed E-state index contributed by atoms with van der Waals surface area (Å²) in [6.07, 6.45) is 0. The Kier molecular flexibility index (Phi) is 4.98. The molecule has 1 aromatic heterocycles. The standard InChI is InChI=1S/C12H11BrCl2N4OS/c1-19(2)12-18-10(16)9(21-12)11(20)17-6-4-3-5(13)7(14)8(6)15/h3-4H,16H2,1-2H3,(H,17,20). The predicted octanol–water partition coefficient (Wildman–Crippen LogP) is 4.11. The third-order valence-corrected chi connectivity index (χ3v) is 5.52. The minimum atomic E-state index is -0.376. The van der Waals surface area contributed by atoms with E-state index in [-0.39, 0.29) is 16.7 Å². The summed E-state index contributed by atoms with van der Waals surface area (Å²) in [7, 11) is 3.65. The average Bonchev–Trinajstić information content (AvgIpc) is 2.82. The highest BCUT2D eigenvalue weighted by Crippen LogP contribution is 2.36. The van der Waals surface area contributed by atoms with Gasteiger partial charge in [0.1, 0.15) is 10.7 Å². The number of rotatable bonds is 3. The highest BCUT2D eigenvalue weighted by atomic mass is 79.9. The number of nitrogens with zero attached hydrogens (tertiary/aromatic N) is 2. The largest absolute Gasteiger partial charge is 0.382 e. The van der Waals surface area contributed by atoms with Crippen LogP contribution in [0.15, 0.2) is 16.6 Å². The van der Waals surface area contributed by atoms with Crippen molar-refractivity contribution < 1.29 is 4.79 Å². The zero-order chi connectivity index (χ0) is 15.7. The van der Waals surface area contributed by atoms with Crippen molar-refractivity contribution in [1.29, 1.82) is 0 Å². The Morgan fingerprint density at radius 1 is 1.38 bits per heavy atom. The van der Waals surface area contributed by atoms with Gasteiger partial charge in [0.25, 0.3) is 5.91 Å². The van der Waals surface area contributed by atoms with E-state index in [1.165, 1.54) is 11.3 Å².